The molecule has 0 spiro atoms. The van der Waals surface area contributed by atoms with Crippen LogP contribution in [0, 0.1) is 12.3 Å². The van der Waals surface area contributed by atoms with E-state index in [-0.39, 0.29) is 25.0 Å². The van der Waals surface area contributed by atoms with E-state index in [1.165, 1.54) is 11.1 Å². The van der Waals surface area contributed by atoms with Crippen molar-refractivity contribution in [1.82, 2.24) is 15.5 Å². The van der Waals surface area contributed by atoms with Crippen molar-refractivity contribution in [1.29, 1.82) is 0 Å². The molecule has 198 valence electrons. The van der Waals surface area contributed by atoms with Gasteiger partial charge in [0.05, 0.1) is 0 Å². The molecule has 1 heterocycles. The molecule has 0 aliphatic heterocycles. The third-order valence-corrected chi connectivity index (χ3v) is 6.69. The average molecular weight is 507 g/mol. The van der Waals surface area contributed by atoms with Gasteiger partial charge in [-0.15, -0.1) is 16.6 Å². The van der Waals surface area contributed by atoms with E-state index in [9.17, 15) is 4.79 Å². The van der Waals surface area contributed by atoms with Crippen LogP contribution < -0.4 is 15.4 Å². The summed E-state index contributed by atoms with van der Waals surface area (Å²) in [5.74, 6) is 4.17. The molecule has 8 nitrogen and oxygen atoms in total. The number of ether oxygens (including phenoxy) is 3. The highest BCUT2D eigenvalue weighted by Crippen LogP contribution is 2.38. The van der Waals surface area contributed by atoms with Gasteiger partial charge in [-0.3, -0.25) is 0 Å². The molecule has 8 heteroatoms. The number of rotatable bonds is 8. The van der Waals surface area contributed by atoms with Gasteiger partial charge in [0.25, 0.3) is 0 Å². The first-order valence-corrected chi connectivity index (χ1v) is 13.2. The number of benzene rings is 1. The first-order valence-electron chi connectivity index (χ1n) is 13.2. The van der Waals surface area contributed by atoms with Crippen molar-refractivity contribution in [3.8, 4) is 29.4 Å². The maximum atomic E-state index is 12.2. The van der Waals surface area contributed by atoms with E-state index in [1.807, 2.05) is 45.9 Å². The number of hydrogen-bond acceptors (Lipinski definition) is 7. The summed E-state index contributed by atoms with van der Waals surface area (Å²) >= 11 is 0. The summed E-state index contributed by atoms with van der Waals surface area (Å²) in [4.78, 5) is 12.2. The van der Waals surface area contributed by atoms with E-state index >= 15 is 0 Å². The van der Waals surface area contributed by atoms with Crippen molar-refractivity contribution < 1.29 is 19.0 Å². The summed E-state index contributed by atoms with van der Waals surface area (Å²) < 4.78 is 16.8. The Kier molecular flexibility index (Phi) is 8.55. The van der Waals surface area contributed by atoms with Crippen LogP contribution in [0.25, 0.3) is 11.3 Å². The summed E-state index contributed by atoms with van der Waals surface area (Å²) in [6, 6.07) is 6.02. The van der Waals surface area contributed by atoms with Crippen molar-refractivity contribution in [3.05, 3.63) is 34.9 Å². The second-order valence-electron chi connectivity index (χ2n) is 10.7. The van der Waals surface area contributed by atoms with Crippen LogP contribution in [0.5, 0.6) is 5.75 Å². The third-order valence-electron chi connectivity index (χ3n) is 6.69. The van der Waals surface area contributed by atoms with Crippen LogP contribution in [0.4, 0.5) is 10.6 Å². The van der Waals surface area contributed by atoms with Crippen molar-refractivity contribution in [3.63, 3.8) is 0 Å². The summed E-state index contributed by atoms with van der Waals surface area (Å²) in [5.41, 5.74) is 4.37. The van der Waals surface area contributed by atoms with Gasteiger partial charge in [0.15, 0.2) is 12.6 Å². The van der Waals surface area contributed by atoms with Crippen LogP contribution in [0.1, 0.15) is 76.5 Å². The molecule has 37 heavy (non-hydrogen) atoms. The second kappa shape index (κ2) is 11.8. The van der Waals surface area contributed by atoms with Gasteiger partial charge in [-0.05, 0) is 96.4 Å². The Bertz CT molecular complexity index is 1150. The number of terminal acetylenes is 1. The number of amides is 1. The number of nitrogens with one attached hydrogen (secondary N) is 2. The van der Waals surface area contributed by atoms with E-state index < -0.39 is 5.60 Å². The first kappa shape index (κ1) is 26.7. The fraction of sp³-hybridized carbons (Fsp3) is 0.552. The van der Waals surface area contributed by atoms with Gasteiger partial charge in [0, 0.05) is 35.4 Å². The van der Waals surface area contributed by atoms with Gasteiger partial charge in [0.2, 0.25) is 0 Å². The molecule has 2 N–H and O–H groups in total. The minimum absolute atomic E-state index is 0.0788. The molecule has 2 aromatic rings. The summed E-state index contributed by atoms with van der Waals surface area (Å²) in [5, 5.41) is 16.0. The van der Waals surface area contributed by atoms with Gasteiger partial charge in [-0.25, -0.2) is 4.79 Å². The van der Waals surface area contributed by atoms with Gasteiger partial charge in [-0.1, -0.05) is 5.92 Å². The third kappa shape index (κ3) is 6.92. The van der Waals surface area contributed by atoms with Crippen molar-refractivity contribution in [2.75, 3.05) is 18.7 Å². The second-order valence-corrected chi connectivity index (χ2v) is 10.7. The van der Waals surface area contributed by atoms with Crippen LogP contribution in [0.2, 0.25) is 0 Å². The molecule has 0 radical (unpaired) electrons. The monoisotopic (exact) mass is 506 g/mol. The zero-order chi connectivity index (χ0) is 26.4. The lowest BCUT2D eigenvalue weighted by atomic mass is 9.88. The van der Waals surface area contributed by atoms with Crippen molar-refractivity contribution >= 4 is 11.9 Å². The van der Waals surface area contributed by atoms with Gasteiger partial charge < -0.3 is 24.8 Å². The van der Waals surface area contributed by atoms with Gasteiger partial charge >= 0.3 is 6.09 Å². The molecular weight excluding hydrogens is 468 g/mol. The Hall–Kier alpha value is -3.31. The fourth-order valence-electron chi connectivity index (χ4n) is 5.01. The van der Waals surface area contributed by atoms with Crippen LogP contribution in [0.3, 0.4) is 0 Å². The van der Waals surface area contributed by atoms with Crippen LogP contribution in [0.15, 0.2) is 18.2 Å². The smallest absolute Gasteiger partial charge is 0.407 e. The highest BCUT2D eigenvalue weighted by Gasteiger charge is 2.30. The number of anilines is 1. The van der Waals surface area contributed by atoms with Gasteiger partial charge in [-0.2, -0.15) is 0 Å². The topological polar surface area (TPSA) is 94.6 Å². The Labute approximate surface area is 219 Å². The summed E-state index contributed by atoms with van der Waals surface area (Å²) in [7, 11) is 0. The Balaban J connectivity index is 1.53. The number of carbonyl (C=O) groups is 1. The van der Waals surface area contributed by atoms with Crippen molar-refractivity contribution in [2.24, 2.45) is 0 Å². The molecule has 2 aliphatic rings. The molecular formula is C29H38N4O4. The van der Waals surface area contributed by atoms with E-state index in [0.29, 0.717) is 12.4 Å². The van der Waals surface area contributed by atoms with E-state index in [4.69, 9.17) is 20.6 Å². The summed E-state index contributed by atoms with van der Waals surface area (Å²) in [6.45, 7) is 8.25. The molecule has 2 aliphatic carbocycles. The Morgan fingerprint density at radius 1 is 1.14 bits per heavy atom. The molecule has 0 bridgehead atoms. The molecule has 4 rings (SSSR count). The fourth-order valence-corrected chi connectivity index (χ4v) is 5.01. The summed E-state index contributed by atoms with van der Waals surface area (Å²) in [6.07, 6.45) is 12.0. The molecule has 1 amide bonds. The zero-order valence-corrected chi connectivity index (χ0v) is 22.4. The number of nitrogens with zero attached hydrogens (tertiary/aromatic N) is 2. The molecule has 0 saturated heterocycles. The molecule has 1 saturated carbocycles. The quantitative estimate of drug-likeness (QED) is 0.287. The van der Waals surface area contributed by atoms with E-state index in [2.05, 4.69) is 26.8 Å². The predicted octanol–water partition coefficient (Wildman–Crippen LogP) is 5.23. The molecule has 1 aromatic heterocycles. The Morgan fingerprint density at radius 2 is 1.89 bits per heavy atom. The maximum absolute atomic E-state index is 12.2. The van der Waals surface area contributed by atoms with Gasteiger partial charge in [0.1, 0.15) is 17.0 Å². The minimum atomic E-state index is -0.508. The maximum Gasteiger partial charge on any atom is 0.407 e. The highest BCUT2D eigenvalue weighted by molar-refractivity contribution is 5.74. The number of carbonyl (C=O) groups excluding carboxylic acids is 1. The number of hydrogen-bond donors (Lipinski definition) is 2. The SMILES string of the molecule is C#Cc1ccc(-c2nnc(N[C@H]3CC[C@H](NC(=O)OC(C)(C)C)C3)c3c2CCCC3)c(OCOCC)c1. The lowest BCUT2D eigenvalue weighted by Crippen LogP contribution is -2.38. The van der Waals surface area contributed by atoms with Crippen LogP contribution in [-0.4, -0.2) is 47.4 Å². The average Bonchev–Trinajstić information content (AvgIpc) is 3.29. The lowest BCUT2D eigenvalue weighted by molar-refractivity contribution is 0.0227. The molecule has 1 fully saturated rings. The van der Waals surface area contributed by atoms with E-state index in [0.717, 1.165) is 67.6 Å². The predicted molar refractivity (Wildman–Crippen MR) is 144 cm³/mol. The number of alkyl carbamates (subject to hydrolysis) is 1. The molecule has 2 atom stereocenters. The molecule has 1 aromatic carbocycles. The number of aromatic nitrogens is 2. The number of fused-ring (bicyclic) bond motifs is 1. The largest absolute Gasteiger partial charge is 0.467 e. The van der Waals surface area contributed by atoms with Crippen molar-refractivity contribution in [2.45, 2.75) is 90.3 Å². The van der Waals surface area contributed by atoms with E-state index in [1.54, 1.807) is 0 Å². The molecule has 0 unspecified atom stereocenters. The normalized spacial score (nSPS) is 19.0. The standard InChI is InChI=1S/C29H38N4O4/c1-6-19-12-15-24(25(16-19)36-18-35-7-2)26-22-10-8-9-11-23(22)27(33-32-26)30-20-13-14-21(17-20)31-28(34)37-29(3,4)5/h1,12,15-16,20-21H,7-11,13-14,17-18H2,2-5H3,(H,30,33)(H,31,34)/t20-,21-/m0/s1. The first-order chi connectivity index (χ1) is 17.8. The van der Waals surface area contributed by atoms with Crippen LogP contribution in [-0.2, 0) is 22.3 Å². The highest BCUT2D eigenvalue weighted by atomic mass is 16.7. The van der Waals surface area contributed by atoms with Crippen LogP contribution >= 0.6 is 0 Å². The Morgan fingerprint density at radius 3 is 2.62 bits per heavy atom. The lowest BCUT2D eigenvalue weighted by Gasteiger charge is -2.24. The zero-order valence-electron chi connectivity index (χ0n) is 22.4. The minimum Gasteiger partial charge on any atom is -0.467 e.